The fraction of sp³-hybridized carbons (Fsp3) is 0.400. The maximum absolute atomic E-state index is 12.4. The summed E-state index contributed by atoms with van der Waals surface area (Å²) < 4.78 is 5.55. The molecular formula is C15H15NO6. The zero-order chi connectivity index (χ0) is 15.9. The minimum absolute atomic E-state index is 0.115. The molecule has 7 heteroatoms. The van der Waals surface area contributed by atoms with Gasteiger partial charge in [-0.3, -0.25) is 9.59 Å². The van der Waals surface area contributed by atoms with Crippen molar-refractivity contribution >= 4 is 23.5 Å². The molecule has 116 valence electrons. The van der Waals surface area contributed by atoms with Gasteiger partial charge >= 0.3 is 11.9 Å². The normalized spacial score (nSPS) is 29.3. The summed E-state index contributed by atoms with van der Waals surface area (Å²) in [6, 6.07) is 5.71. The number of nitrogens with one attached hydrogen (secondary N) is 1. The van der Waals surface area contributed by atoms with Gasteiger partial charge in [0, 0.05) is 5.69 Å². The number of carboxylic acid groups (broad SMARTS) is 2. The van der Waals surface area contributed by atoms with Gasteiger partial charge in [-0.1, -0.05) is 0 Å². The Morgan fingerprint density at radius 1 is 1.00 bits per heavy atom. The monoisotopic (exact) mass is 305 g/mol. The lowest BCUT2D eigenvalue weighted by Crippen LogP contribution is -2.40. The number of carboxylic acids is 2. The number of ether oxygens (including phenoxy) is 1. The lowest BCUT2D eigenvalue weighted by atomic mass is 9.78. The first-order valence-corrected chi connectivity index (χ1v) is 7.00. The fourth-order valence-electron chi connectivity index (χ4n) is 3.25. The van der Waals surface area contributed by atoms with Crippen molar-refractivity contribution in [3.8, 4) is 0 Å². The highest BCUT2D eigenvalue weighted by Crippen LogP contribution is 2.44. The van der Waals surface area contributed by atoms with Gasteiger partial charge in [0.2, 0.25) is 5.91 Å². The molecule has 2 bridgehead atoms. The predicted octanol–water partition coefficient (Wildman–Crippen LogP) is 1.20. The minimum Gasteiger partial charge on any atom is -0.481 e. The summed E-state index contributed by atoms with van der Waals surface area (Å²) in [5.41, 5.74) is 0.548. The van der Waals surface area contributed by atoms with Gasteiger partial charge in [0.1, 0.15) is 0 Å². The molecule has 3 N–H and O–H groups in total. The Balaban J connectivity index is 1.73. The molecule has 1 amide bonds. The minimum atomic E-state index is -1.05. The van der Waals surface area contributed by atoms with Crippen molar-refractivity contribution in [3.63, 3.8) is 0 Å². The number of carbonyl (C=O) groups excluding carboxylic acids is 1. The maximum atomic E-state index is 12.4. The molecule has 2 heterocycles. The maximum Gasteiger partial charge on any atom is 0.335 e. The summed E-state index contributed by atoms with van der Waals surface area (Å²) in [7, 11) is 0. The van der Waals surface area contributed by atoms with Crippen molar-refractivity contribution in [3.05, 3.63) is 29.8 Å². The molecule has 0 spiro atoms. The molecule has 0 aromatic heterocycles. The number of benzene rings is 1. The van der Waals surface area contributed by atoms with E-state index in [9.17, 15) is 19.5 Å². The highest BCUT2D eigenvalue weighted by molar-refractivity contribution is 5.96. The number of amides is 1. The Bertz CT molecular complexity index is 625. The van der Waals surface area contributed by atoms with Gasteiger partial charge in [0.25, 0.3) is 0 Å². The summed E-state index contributed by atoms with van der Waals surface area (Å²) in [5, 5.41) is 20.8. The second-order valence-electron chi connectivity index (χ2n) is 5.55. The molecule has 1 aromatic carbocycles. The van der Waals surface area contributed by atoms with Gasteiger partial charge in [-0.25, -0.2) is 4.79 Å². The molecule has 0 radical (unpaired) electrons. The summed E-state index contributed by atoms with van der Waals surface area (Å²) in [6.07, 6.45) is 0.598. The van der Waals surface area contributed by atoms with Crippen LogP contribution in [-0.2, 0) is 14.3 Å². The smallest absolute Gasteiger partial charge is 0.335 e. The first kappa shape index (κ1) is 14.5. The number of anilines is 1. The zero-order valence-electron chi connectivity index (χ0n) is 11.6. The van der Waals surface area contributed by atoms with E-state index in [4.69, 9.17) is 9.84 Å². The highest BCUT2D eigenvalue weighted by atomic mass is 16.5. The topological polar surface area (TPSA) is 113 Å². The van der Waals surface area contributed by atoms with Gasteiger partial charge in [-0.15, -0.1) is 0 Å². The largest absolute Gasteiger partial charge is 0.481 e. The summed E-state index contributed by atoms with van der Waals surface area (Å²) in [4.78, 5) is 34.5. The fourth-order valence-corrected chi connectivity index (χ4v) is 3.25. The van der Waals surface area contributed by atoms with Crippen molar-refractivity contribution in [2.75, 3.05) is 5.32 Å². The van der Waals surface area contributed by atoms with E-state index in [-0.39, 0.29) is 11.7 Å². The molecule has 0 saturated carbocycles. The van der Waals surface area contributed by atoms with Gasteiger partial charge in [0.15, 0.2) is 0 Å². The van der Waals surface area contributed by atoms with Crippen LogP contribution in [0.15, 0.2) is 24.3 Å². The van der Waals surface area contributed by atoms with Crippen LogP contribution < -0.4 is 5.32 Å². The van der Waals surface area contributed by atoms with Crippen molar-refractivity contribution < 1.29 is 29.3 Å². The number of carbonyl (C=O) groups is 3. The van der Waals surface area contributed by atoms with Crippen LogP contribution >= 0.6 is 0 Å². The van der Waals surface area contributed by atoms with E-state index < -0.39 is 35.8 Å². The van der Waals surface area contributed by atoms with E-state index in [1.54, 1.807) is 0 Å². The molecule has 2 fully saturated rings. The molecule has 1 aromatic rings. The third-order valence-corrected chi connectivity index (χ3v) is 4.26. The second kappa shape index (κ2) is 5.42. The Morgan fingerprint density at radius 3 is 2.14 bits per heavy atom. The first-order valence-electron chi connectivity index (χ1n) is 7.00. The average Bonchev–Trinajstić information content (AvgIpc) is 3.08. The van der Waals surface area contributed by atoms with E-state index in [2.05, 4.69) is 5.32 Å². The van der Waals surface area contributed by atoms with E-state index in [1.807, 2.05) is 0 Å². The van der Waals surface area contributed by atoms with E-state index >= 15 is 0 Å². The lowest BCUT2D eigenvalue weighted by molar-refractivity contribution is -0.147. The van der Waals surface area contributed by atoms with Crippen LogP contribution in [0, 0.1) is 11.8 Å². The second-order valence-corrected chi connectivity index (χ2v) is 5.55. The third kappa shape index (κ3) is 2.43. The molecule has 2 aliphatic heterocycles. The molecule has 3 rings (SSSR count). The summed E-state index contributed by atoms with van der Waals surface area (Å²) in [5.74, 6) is -4.01. The standard InChI is InChI=1S/C15H15NO6/c17-13(16-8-3-1-7(2-4-8)14(18)19)11-9-5-6-10(22-9)12(11)15(20)21/h1-4,9-12H,5-6H2,(H,16,17)(H,18,19)(H,20,21)/t9-,10-,11+,12+/m1/s1. The van der Waals surface area contributed by atoms with Crippen molar-refractivity contribution in [1.82, 2.24) is 0 Å². The van der Waals surface area contributed by atoms with E-state index in [1.165, 1.54) is 24.3 Å². The van der Waals surface area contributed by atoms with Crippen LogP contribution in [0.2, 0.25) is 0 Å². The Kier molecular flexibility index (Phi) is 3.58. The Labute approximate surface area is 125 Å². The van der Waals surface area contributed by atoms with Crippen molar-refractivity contribution in [2.45, 2.75) is 25.0 Å². The summed E-state index contributed by atoms with van der Waals surface area (Å²) >= 11 is 0. The third-order valence-electron chi connectivity index (χ3n) is 4.26. The first-order chi connectivity index (χ1) is 10.5. The van der Waals surface area contributed by atoms with Crippen LogP contribution in [0.25, 0.3) is 0 Å². The number of hydrogen-bond acceptors (Lipinski definition) is 4. The number of rotatable bonds is 4. The van der Waals surface area contributed by atoms with Crippen LogP contribution in [0.5, 0.6) is 0 Å². The van der Waals surface area contributed by atoms with Crippen molar-refractivity contribution in [1.29, 1.82) is 0 Å². The van der Waals surface area contributed by atoms with Gasteiger partial charge in [-0.2, -0.15) is 0 Å². The van der Waals surface area contributed by atoms with Crippen molar-refractivity contribution in [2.24, 2.45) is 11.8 Å². The predicted molar refractivity (Wildman–Crippen MR) is 74.5 cm³/mol. The van der Waals surface area contributed by atoms with Crippen LogP contribution in [0.3, 0.4) is 0 Å². The Hall–Kier alpha value is -2.41. The van der Waals surface area contributed by atoms with Crippen LogP contribution in [0.1, 0.15) is 23.2 Å². The van der Waals surface area contributed by atoms with Gasteiger partial charge < -0.3 is 20.3 Å². The number of aromatic carboxylic acids is 1. The molecule has 7 nitrogen and oxygen atoms in total. The lowest BCUT2D eigenvalue weighted by Gasteiger charge is -2.23. The molecule has 2 saturated heterocycles. The van der Waals surface area contributed by atoms with Crippen LogP contribution in [0.4, 0.5) is 5.69 Å². The molecule has 2 aliphatic rings. The Morgan fingerprint density at radius 2 is 1.59 bits per heavy atom. The molecular weight excluding hydrogens is 290 g/mol. The average molecular weight is 305 g/mol. The molecule has 4 atom stereocenters. The highest BCUT2D eigenvalue weighted by Gasteiger charge is 2.55. The quantitative estimate of drug-likeness (QED) is 0.770. The zero-order valence-corrected chi connectivity index (χ0v) is 11.6. The number of hydrogen-bond donors (Lipinski definition) is 3. The molecule has 0 aliphatic carbocycles. The molecule has 22 heavy (non-hydrogen) atoms. The van der Waals surface area contributed by atoms with Crippen LogP contribution in [-0.4, -0.2) is 40.3 Å². The summed E-state index contributed by atoms with van der Waals surface area (Å²) in [6.45, 7) is 0. The SMILES string of the molecule is O=C(O)c1ccc(NC(=O)[C@@H]2[C@@H](C(=O)O)[C@H]3CC[C@H]2O3)cc1. The molecule has 0 unspecified atom stereocenters. The number of fused-ring (bicyclic) bond motifs is 2. The van der Waals surface area contributed by atoms with E-state index in [0.29, 0.717) is 18.5 Å². The van der Waals surface area contributed by atoms with E-state index in [0.717, 1.165) is 0 Å². The van der Waals surface area contributed by atoms with Gasteiger partial charge in [-0.05, 0) is 37.1 Å². The number of aliphatic carboxylic acids is 1. The van der Waals surface area contributed by atoms with Gasteiger partial charge in [0.05, 0.1) is 29.6 Å².